The van der Waals surface area contributed by atoms with Crippen LogP contribution in [0.1, 0.15) is 30.0 Å². The van der Waals surface area contributed by atoms with E-state index in [1.807, 2.05) is 11.0 Å². The van der Waals surface area contributed by atoms with Crippen LogP contribution in [0.2, 0.25) is 0 Å². The number of H-pyrrole nitrogens is 2. The van der Waals surface area contributed by atoms with Gasteiger partial charge in [-0.3, -0.25) is 5.10 Å². The van der Waals surface area contributed by atoms with Crippen LogP contribution in [0.25, 0.3) is 10.9 Å². The number of carbonyl (C=O) groups excluding carboxylic acids is 1. The molecule has 124 valence electrons. The number of piperidine rings is 1. The van der Waals surface area contributed by atoms with E-state index in [-0.39, 0.29) is 6.03 Å². The standard InChI is InChI=1S/C18H21N5O/c24-18(20-11-14-5-8-21-22-14)23-9-6-13(7-10-23)16-12-19-17-4-2-1-3-15(16)17/h1-5,8,12-13,19H,6-7,9-11H2,(H,20,24)(H,21,22). The monoisotopic (exact) mass is 323 g/mol. The van der Waals surface area contributed by atoms with Crippen LogP contribution in [-0.2, 0) is 6.54 Å². The highest BCUT2D eigenvalue weighted by Gasteiger charge is 2.25. The maximum Gasteiger partial charge on any atom is 0.317 e. The Kier molecular flexibility index (Phi) is 3.94. The second-order valence-electron chi connectivity index (χ2n) is 6.29. The van der Waals surface area contributed by atoms with Crippen molar-refractivity contribution < 1.29 is 4.79 Å². The van der Waals surface area contributed by atoms with Gasteiger partial charge in [0, 0.05) is 36.4 Å². The van der Waals surface area contributed by atoms with Gasteiger partial charge in [0.2, 0.25) is 0 Å². The van der Waals surface area contributed by atoms with Crippen LogP contribution in [0.4, 0.5) is 4.79 Å². The number of aromatic amines is 2. The number of nitrogens with one attached hydrogen (secondary N) is 3. The summed E-state index contributed by atoms with van der Waals surface area (Å²) in [5, 5.41) is 11.0. The summed E-state index contributed by atoms with van der Waals surface area (Å²) in [5.74, 6) is 0.512. The van der Waals surface area contributed by atoms with Crippen molar-refractivity contribution in [3.05, 3.63) is 54.0 Å². The summed E-state index contributed by atoms with van der Waals surface area (Å²) in [5.41, 5.74) is 3.48. The van der Waals surface area contributed by atoms with Crippen LogP contribution in [0.5, 0.6) is 0 Å². The zero-order valence-corrected chi connectivity index (χ0v) is 13.5. The van der Waals surface area contributed by atoms with Gasteiger partial charge in [0.25, 0.3) is 0 Å². The zero-order chi connectivity index (χ0) is 16.4. The molecule has 2 amide bonds. The average molecular weight is 323 g/mol. The Balaban J connectivity index is 1.35. The van der Waals surface area contributed by atoms with Gasteiger partial charge in [-0.25, -0.2) is 4.79 Å². The molecule has 24 heavy (non-hydrogen) atoms. The molecule has 0 unspecified atom stereocenters. The lowest BCUT2D eigenvalue weighted by Crippen LogP contribution is -2.43. The Hall–Kier alpha value is -2.76. The first kappa shape index (κ1) is 14.8. The van der Waals surface area contributed by atoms with Gasteiger partial charge in [-0.2, -0.15) is 5.10 Å². The first-order valence-corrected chi connectivity index (χ1v) is 8.38. The van der Waals surface area contributed by atoms with E-state index in [1.165, 1.54) is 16.5 Å². The number of likely N-dealkylation sites (tertiary alicyclic amines) is 1. The average Bonchev–Trinajstić information content (AvgIpc) is 3.29. The molecule has 0 radical (unpaired) electrons. The van der Waals surface area contributed by atoms with Crippen molar-refractivity contribution >= 4 is 16.9 Å². The zero-order valence-electron chi connectivity index (χ0n) is 13.5. The third-order valence-electron chi connectivity index (χ3n) is 4.83. The third kappa shape index (κ3) is 2.87. The van der Waals surface area contributed by atoms with Crippen molar-refractivity contribution in [2.24, 2.45) is 0 Å². The fourth-order valence-corrected chi connectivity index (χ4v) is 3.49. The number of para-hydroxylation sites is 1. The van der Waals surface area contributed by atoms with Crippen LogP contribution >= 0.6 is 0 Å². The Bertz CT molecular complexity index is 815. The second kappa shape index (κ2) is 6.39. The van der Waals surface area contributed by atoms with Gasteiger partial charge >= 0.3 is 6.03 Å². The fourth-order valence-electron chi connectivity index (χ4n) is 3.49. The SMILES string of the molecule is O=C(NCc1ccn[nH]1)N1CCC(c2c[nH]c3ccccc23)CC1. The van der Waals surface area contributed by atoms with Crippen LogP contribution in [0.3, 0.4) is 0 Å². The Morgan fingerprint density at radius 3 is 2.88 bits per heavy atom. The van der Waals surface area contributed by atoms with Crippen LogP contribution < -0.4 is 5.32 Å². The van der Waals surface area contributed by atoms with Gasteiger partial charge in [0.1, 0.15) is 0 Å². The summed E-state index contributed by atoms with van der Waals surface area (Å²) in [7, 11) is 0. The van der Waals surface area contributed by atoms with E-state index >= 15 is 0 Å². The Morgan fingerprint density at radius 1 is 1.25 bits per heavy atom. The highest BCUT2D eigenvalue weighted by molar-refractivity contribution is 5.83. The van der Waals surface area contributed by atoms with E-state index in [4.69, 9.17) is 0 Å². The van der Waals surface area contributed by atoms with Gasteiger partial charge < -0.3 is 15.2 Å². The number of amides is 2. The molecule has 1 fully saturated rings. The van der Waals surface area contributed by atoms with Crippen molar-refractivity contribution in [3.8, 4) is 0 Å². The molecule has 0 spiro atoms. The number of rotatable bonds is 3. The maximum absolute atomic E-state index is 12.3. The molecule has 6 heteroatoms. The first-order valence-electron chi connectivity index (χ1n) is 8.38. The smallest absolute Gasteiger partial charge is 0.317 e. The largest absolute Gasteiger partial charge is 0.361 e. The summed E-state index contributed by atoms with van der Waals surface area (Å²) < 4.78 is 0. The molecule has 3 N–H and O–H groups in total. The summed E-state index contributed by atoms with van der Waals surface area (Å²) in [6.07, 6.45) is 5.82. The van der Waals surface area contributed by atoms with E-state index in [1.54, 1.807) is 6.20 Å². The van der Waals surface area contributed by atoms with Gasteiger partial charge in [-0.15, -0.1) is 0 Å². The maximum atomic E-state index is 12.3. The van der Waals surface area contributed by atoms with Crippen LogP contribution in [0, 0.1) is 0 Å². The van der Waals surface area contributed by atoms with Gasteiger partial charge in [0.15, 0.2) is 0 Å². The van der Waals surface area contributed by atoms with E-state index < -0.39 is 0 Å². The Morgan fingerprint density at radius 2 is 2.08 bits per heavy atom. The quantitative estimate of drug-likeness (QED) is 0.693. The van der Waals surface area contributed by atoms with E-state index in [0.29, 0.717) is 12.5 Å². The Labute approximate surface area is 140 Å². The minimum Gasteiger partial charge on any atom is -0.361 e. The molecule has 1 aliphatic rings. The van der Waals surface area contributed by atoms with Gasteiger partial charge in [-0.05, 0) is 36.5 Å². The summed E-state index contributed by atoms with van der Waals surface area (Å²) in [4.78, 5) is 17.5. The van der Waals surface area contributed by atoms with Crippen molar-refractivity contribution in [2.45, 2.75) is 25.3 Å². The number of carbonyl (C=O) groups is 1. The second-order valence-corrected chi connectivity index (χ2v) is 6.29. The molecule has 2 aromatic heterocycles. The molecule has 3 heterocycles. The number of hydrogen-bond donors (Lipinski definition) is 3. The van der Waals surface area contributed by atoms with Gasteiger partial charge in [0.05, 0.1) is 12.2 Å². The molecule has 4 rings (SSSR count). The molecule has 3 aromatic rings. The molecule has 0 aliphatic carbocycles. The minimum atomic E-state index is 0.00183. The van der Waals surface area contributed by atoms with Crippen molar-refractivity contribution in [1.82, 2.24) is 25.4 Å². The highest BCUT2D eigenvalue weighted by Crippen LogP contribution is 2.33. The molecule has 1 aromatic carbocycles. The lowest BCUT2D eigenvalue weighted by Gasteiger charge is -2.32. The third-order valence-corrected chi connectivity index (χ3v) is 4.83. The highest BCUT2D eigenvalue weighted by atomic mass is 16.2. The molecule has 1 aliphatic heterocycles. The van der Waals surface area contributed by atoms with E-state index in [2.05, 4.69) is 51.0 Å². The molecule has 6 nitrogen and oxygen atoms in total. The van der Waals surface area contributed by atoms with Crippen molar-refractivity contribution in [1.29, 1.82) is 0 Å². The van der Waals surface area contributed by atoms with E-state index in [9.17, 15) is 4.79 Å². The number of urea groups is 1. The lowest BCUT2D eigenvalue weighted by atomic mass is 9.89. The fraction of sp³-hybridized carbons (Fsp3) is 0.333. The van der Waals surface area contributed by atoms with Gasteiger partial charge in [-0.1, -0.05) is 18.2 Å². The summed E-state index contributed by atoms with van der Waals surface area (Å²) in [6, 6.07) is 10.3. The van der Waals surface area contributed by atoms with Crippen LogP contribution in [0.15, 0.2) is 42.7 Å². The van der Waals surface area contributed by atoms with Crippen LogP contribution in [-0.4, -0.2) is 39.2 Å². The molecule has 1 saturated heterocycles. The minimum absolute atomic E-state index is 0.00183. The lowest BCUT2D eigenvalue weighted by molar-refractivity contribution is 0.181. The number of aromatic nitrogens is 3. The molecular formula is C18H21N5O. The predicted molar refractivity (Wildman–Crippen MR) is 92.7 cm³/mol. The molecule has 0 atom stereocenters. The molecular weight excluding hydrogens is 302 g/mol. The first-order chi connectivity index (χ1) is 11.8. The molecule has 0 bridgehead atoms. The topological polar surface area (TPSA) is 76.8 Å². The molecule has 0 saturated carbocycles. The normalized spacial score (nSPS) is 15.8. The summed E-state index contributed by atoms with van der Waals surface area (Å²) in [6.45, 7) is 2.07. The van der Waals surface area contributed by atoms with E-state index in [0.717, 1.165) is 31.6 Å². The predicted octanol–water partition coefficient (Wildman–Crippen LogP) is 2.98. The number of fused-ring (bicyclic) bond motifs is 1. The number of nitrogens with zero attached hydrogens (tertiary/aromatic N) is 2. The van der Waals surface area contributed by atoms with Crippen molar-refractivity contribution in [3.63, 3.8) is 0 Å². The van der Waals surface area contributed by atoms with Crippen molar-refractivity contribution in [2.75, 3.05) is 13.1 Å². The number of benzene rings is 1. The number of hydrogen-bond acceptors (Lipinski definition) is 2. The summed E-state index contributed by atoms with van der Waals surface area (Å²) >= 11 is 0.